The van der Waals surface area contributed by atoms with E-state index in [2.05, 4.69) is 25.8 Å². The van der Waals surface area contributed by atoms with Crippen LogP contribution in [-0.4, -0.2) is 11.6 Å². The molecule has 1 aromatic rings. The average molecular weight is 240 g/mol. The zero-order chi connectivity index (χ0) is 13.1. The van der Waals surface area contributed by atoms with Crippen LogP contribution in [0.25, 0.3) is 0 Å². The Labute approximate surface area is 102 Å². The number of rotatable bonds is 4. The summed E-state index contributed by atoms with van der Waals surface area (Å²) >= 11 is 0. The van der Waals surface area contributed by atoms with E-state index < -0.39 is 5.82 Å². The summed E-state index contributed by atoms with van der Waals surface area (Å²) in [4.78, 5) is 3.85. The van der Waals surface area contributed by atoms with Crippen LogP contribution in [0.15, 0.2) is 12.3 Å². The number of halogens is 1. The molecule has 96 valence electrons. The highest BCUT2D eigenvalue weighted by Gasteiger charge is 2.21. The van der Waals surface area contributed by atoms with Gasteiger partial charge in [-0.25, -0.2) is 9.37 Å². The van der Waals surface area contributed by atoms with Crippen molar-refractivity contribution in [1.82, 2.24) is 4.98 Å². The van der Waals surface area contributed by atoms with Crippen molar-refractivity contribution >= 4 is 0 Å². The molecular weight excluding hydrogens is 219 g/mol. The lowest BCUT2D eigenvalue weighted by Gasteiger charge is -2.23. The van der Waals surface area contributed by atoms with Gasteiger partial charge in [0.15, 0.2) is 5.82 Å². The quantitative estimate of drug-likeness (QED) is 0.880. The van der Waals surface area contributed by atoms with Crippen molar-refractivity contribution in [1.29, 1.82) is 0 Å². The maximum Gasteiger partial charge on any atom is 0.250 e. The van der Waals surface area contributed by atoms with Crippen LogP contribution in [0, 0.1) is 11.2 Å². The fourth-order valence-corrected chi connectivity index (χ4v) is 1.73. The van der Waals surface area contributed by atoms with Crippen LogP contribution < -0.4 is 10.5 Å². The summed E-state index contributed by atoms with van der Waals surface area (Å²) in [5, 5.41) is 0. The lowest BCUT2D eigenvalue weighted by Crippen LogP contribution is -2.20. The van der Waals surface area contributed by atoms with Gasteiger partial charge in [-0.3, -0.25) is 0 Å². The third-order valence-electron chi connectivity index (χ3n) is 2.40. The van der Waals surface area contributed by atoms with Gasteiger partial charge in [0.1, 0.15) is 0 Å². The lowest BCUT2D eigenvalue weighted by molar-refractivity contribution is 0.300. The van der Waals surface area contributed by atoms with Gasteiger partial charge in [-0.1, -0.05) is 20.8 Å². The molecule has 0 bridgehead atoms. The van der Waals surface area contributed by atoms with Crippen LogP contribution in [0.5, 0.6) is 5.88 Å². The number of aromatic nitrogens is 1. The van der Waals surface area contributed by atoms with E-state index in [4.69, 9.17) is 10.5 Å². The van der Waals surface area contributed by atoms with Crippen LogP contribution in [0.3, 0.4) is 0 Å². The van der Waals surface area contributed by atoms with E-state index in [0.717, 1.165) is 0 Å². The van der Waals surface area contributed by atoms with Gasteiger partial charge in [0.25, 0.3) is 5.88 Å². The monoisotopic (exact) mass is 240 g/mol. The molecular formula is C13H21FN2O. The van der Waals surface area contributed by atoms with Gasteiger partial charge in [0.2, 0.25) is 0 Å². The number of ether oxygens (including phenoxy) is 1. The molecule has 0 spiro atoms. The third kappa shape index (κ3) is 3.97. The Hall–Kier alpha value is -1.16. The summed E-state index contributed by atoms with van der Waals surface area (Å²) in [6, 6.07) is 1.28. The number of nitrogens with zero attached hydrogens (tertiary/aromatic N) is 1. The summed E-state index contributed by atoms with van der Waals surface area (Å²) in [6.07, 6.45) is 2.24. The first-order valence-corrected chi connectivity index (χ1v) is 5.88. The van der Waals surface area contributed by atoms with Crippen molar-refractivity contribution in [2.45, 2.75) is 40.2 Å². The summed E-state index contributed by atoms with van der Waals surface area (Å²) in [5.41, 5.74) is 6.55. The van der Waals surface area contributed by atoms with E-state index in [1.807, 2.05) is 0 Å². The molecule has 0 aliphatic heterocycles. The molecule has 0 radical (unpaired) electrons. The number of pyridine rings is 1. The van der Waals surface area contributed by atoms with Gasteiger partial charge in [0, 0.05) is 17.8 Å². The Kier molecular flexibility index (Phi) is 4.46. The Morgan fingerprint density at radius 3 is 2.65 bits per heavy atom. The second-order valence-corrected chi connectivity index (χ2v) is 5.32. The van der Waals surface area contributed by atoms with Gasteiger partial charge in [0.05, 0.1) is 6.61 Å². The molecule has 1 heterocycles. The van der Waals surface area contributed by atoms with E-state index in [1.165, 1.54) is 6.20 Å². The first-order chi connectivity index (χ1) is 7.85. The second-order valence-electron chi connectivity index (χ2n) is 5.32. The first-order valence-electron chi connectivity index (χ1n) is 5.88. The molecule has 3 nitrogen and oxygen atoms in total. The molecule has 0 aliphatic rings. The van der Waals surface area contributed by atoms with E-state index in [0.29, 0.717) is 18.6 Å². The van der Waals surface area contributed by atoms with Crippen LogP contribution in [-0.2, 0) is 0 Å². The predicted molar refractivity (Wildman–Crippen MR) is 66.4 cm³/mol. The van der Waals surface area contributed by atoms with Crippen molar-refractivity contribution in [3.63, 3.8) is 0 Å². The highest BCUT2D eigenvalue weighted by molar-refractivity contribution is 5.26. The van der Waals surface area contributed by atoms with Crippen LogP contribution in [0.2, 0.25) is 0 Å². The predicted octanol–water partition coefficient (Wildman–Crippen LogP) is 3.06. The minimum Gasteiger partial charge on any atom is -0.476 e. The summed E-state index contributed by atoms with van der Waals surface area (Å²) in [6.45, 7) is 8.42. The fraction of sp³-hybridized carbons (Fsp3) is 0.615. The molecule has 1 aromatic heterocycles. The van der Waals surface area contributed by atoms with Crippen LogP contribution in [0.1, 0.15) is 45.7 Å². The molecule has 0 fully saturated rings. The van der Waals surface area contributed by atoms with Crippen molar-refractivity contribution in [3.8, 4) is 5.88 Å². The number of nitrogens with two attached hydrogens (primary N) is 1. The van der Waals surface area contributed by atoms with E-state index in [1.54, 1.807) is 13.0 Å². The van der Waals surface area contributed by atoms with Crippen LogP contribution in [0.4, 0.5) is 4.39 Å². The largest absolute Gasteiger partial charge is 0.476 e. The first kappa shape index (κ1) is 13.9. The number of hydrogen-bond acceptors (Lipinski definition) is 3. The molecule has 1 rings (SSSR count). The standard InChI is InChI=1S/C13H21FN2O/c1-5-17-12-11(14)9(6-7-16-12)10(15)8-13(2,3)4/h6-7,10H,5,8,15H2,1-4H3. The molecule has 2 N–H and O–H groups in total. The van der Waals surface area contributed by atoms with Crippen molar-refractivity contribution in [2.24, 2.45) is 11.1 Å². The molecule has 1 atom stereocenters. The topological polar surface area (TPSA) is 48.1 Å². The minimum absolute atomic E-state index is 0.0364. The SMILES string of the molecule is CCOc1nccc(C(N)CC(C)(C)C)c1F. The molecule has 0 saturated carbocycles. The molecule has 0 aromatic carbocycles. The Morgan fingerprint density at radius 1 is 1.47 bits per heavy atom. The zero-order valence-corrected chi connectivity index (χ0v) is 11.0. The van der Waals surface area contributed by atoms with Gasteiger partial charge < -0.3 is 10.5 Å². The molecule has 17 heavy (non-hydrogen) atoms. The lowest BCUT2D eigenvalue weighted by atomic mass is 9.86. The number of hydrogen-bond donors (Lipinski definition) is 1. The highest BCUT2D eigenvalue weighted by Crippen LogP contribution is 2.30. The Bertz CT molecular complexity index is 374. The van der Waals surface area contributed by atoms with Gasteiger partial charge in [-0.15, -0.1) is 0 Å². The van der Waals surface area contributed by atoms with Gasteiger partial charge in [-0.2, -0.15) is 0 Å². The fourth-order valence-electron chi connectivity index (χ4n) is 1.73. The summed E-state index contributed by atoms with van der Waals surface area (Å²) in [5.74, 6) is -0.402. The molecule has 1 unspecified atom stereocenters. The van der Waals surface area contributed by atoms with Crippen LogP contribution >= 0.6 is 0 Å². The smallest absolute Gasteiger partial charge is 0.250 e. The van der Waals surface area contributed by atoms with Crippen molar-refractivity contribution in [3.05, 3.63) is 23.6 Å². The third-order valence-corrected chi connectivity index (χ3v) is 2.40. The van der Waals surface area contributed by atoms with Gasteiger partial charge in [-0.05, 0) is 24.8 Å². The minimum atomic E-state index is -0.439. The second kappa shape index (κ2) is 5.45. The van der Waals surface area contributed by atoms with Gasteiger partial charge >= 0.3 is 0 Å². The maximum absolute atomic E-state index is 14.0. The van der Waals surface area contributed by atoms with E-state index >= 15 is 0 Å². The normalized spacial score (nSPS) is 13.5. The molecule has 4 heteroatoms. The maximum atomic E-state index is 14.0. The van der Waals surface area contributed by atoms with E-state index in [9.17, 15) is 4.39 Å². The van der Waals surface area contributed by atoms with Crippen molar-refractivity contribution in [2.75, 3.05) is 6.61 Å². The van der Waals surface area contributed by atoms with Crippen molar-refractivity contribution < 1.29 is 9.13 Å². The summed E-state index contributed by atoms with van der Waals surface area (Å²) in [7, 11) is 0. The molecule has 0 amide bonds. The average Bonchev–Trinajstić information content (AvgIpc) is 2.18. The molecule has 0 saturated heterocycles. The van der Waals surface area contributed by atoms with E-state index in [-0.39, 0.29) is 17.3 Å². The summed E-state index contributed by atoms with van der Waals surface area (Å²) < 4.78 is 19.1. The highest BCUT2D eigenvalue weighted by atomic mass is 19.1. The molecule has 0 aliphatic carbocycles. The Morgan fingerprint density at radius 2 is 2.12 bits per heavy atom. The Balaban J connectivity index is 2.94. The zero-order valence-electron chi connectivity index (χ0n) is 11.0.